The molecule has 1 heterocycles. The minimum absolute atomic E-state index is 0.0394. The molecule has 102 valence electrons. The highest BCUT2D eigenvalue weighted by atomic mass is 32.2. The summed E-state index contributed by atoms with van der Waals surface area (Å²) in [6.45, 7) is 1.98. The van der Waals surface area contributed by atoms with Crippen molar-refractivity contribution in [2.45, 2.75) is 25.1 Å². The van der Waals surface area contributed by atoms with Gasteiger partial charge >= 0.3 is 0 Å². The van der Waals surface area contributed by atoms with Crippen LogP contribution in [-0.2, 0) is 16.6 Å². The maximum atomic E-state index is 11.9. The van der Waals surface area contributed by atoms with Gasteiger partial charge < -0.3 is 15.2 Å². The molecule has 18 heavy (non-hydrogen) atoms. The van der Waals surface area contributed by atoms with Gasteiger partial charge in [-0.05, 0) is 6.42 Å². The summed E-state index contributed by atoms with van der Waals surface area (Å²) >= 11 is 0. The zero-order chi connectivity index (χ0) is 13.5. The Morgan fingerprint density at radius 3 is 2.72 bits per heavy atom. The second-order valence-electron chi connectivity index (χ2n) is 3.91. The van der Waals surface area contributed by atoms with Crippen LogP contribution in [0.2, 0.25) is 0 Å². The number of methoxy groups -OCH3 is 2. The van der Waals surface area contributed by atoms with E-state index in [1.807, 2.05) is 6.92 Å². The Bertz CT molecular complexity index is 412. The third kappa shape index (κ3) is 3.96. The first-order valence-corrected chi connectivity index (χ1v) is 7.27. The molecule has 0 bridgehead atoms. The van der Waals surface area contributed by atoms with Crippen molar-refractivity contribution in [1.29, 1.82) is 0 Å². The molecule has 0 radical (unpaired) electrons. The lowest BCUT2D eigenvalue weighted by Gasteiger charge is -2.12. The summed E-state index contributed by atoms with van der Waals surface area (Å²) < 4.78 is 22.4. The number of nitrogens with zero attached hydrogens (tertiary/aromatic N) is 1. The van der Waals surface area contributed by atoms with E-state index >= 15 is 0 Å². The normalized spacial score (nSPS) is 14.0. The SMILES string of the molecule is CCC(N)CS(=O)Cc1nccc(OC)c1OC. The van der Waals surface area contributed by atoms with E-state index in [0.717, 1.165) is 6.42 Å². The van der Waals surface area contributed by atoms with E-state index in [4.69, 9.17) is 15.2 Å². The highest BCUT2D eigenvalue weighted by molar-refractivity contribution is 7.84. The third-order valence-electron chi connectivity index (χ3n) is 2.59. The van der Waals surface area contributed by atoms with Crippen molar-refractivity contribution >= 4 is 10.8 Å². The fraction of sp³-hybridized carbons (Fsp3) is 0.583. The molecule has 2 unspecified atom stereocenters. The summed E-state index contributed by atoms with van der Waals surface area (Å²) in [6.07, 6.45) is 2.43. The van der Waals surface area contributed by atoms with Crippen molar-refractivity contribution in [3.63, 3.8) is 0 Å². The lowest BCUT2D eigenvalue weighted by atomic mass is 10.3. The van der Waals surface area contributed by atoms with Gasteiger partial charge in [-0.25, -0.2) is 0 Å². The standard InChI is InChI=1S/C12H20N2O3S/c1-4-9(13)7-18(15)8-10-12(17-3)11(16-2)5-6-14-10/h5-6,9H,4,7-8,13H2,1-3H3. The molecule has 2 atom stereocenters. The molecule has 1 aromatic heterocycles. The Morgan fingerprint density at radius 1 is 1.44 bits per heavy atom. The number of nitrogens with two attached hydrogens (primary N) is 1. The number of rotatable bonds is 7. The molecule has 0 saturated heterocycles. The number of aromatic nitrogens is 1. The number of ether oxygens (including phenoxy) is 2. The maximum absolute atomic E-state index is 11.9. The van der Waals surface area contributed by atoms with Crippen LogP contribution in [0.3, 0.4) is 0 Å². The van der Waals surface area contributed by atoms with Crippen molar-refractivity contribution in [1.82, 2.24) is 4.98 Å². The van der Waals surface area contributed by atoms with E-state index in [9.17, 15) is 4.21 Å². The minimum atomic E-state index is -1.05. The first kappa shape index (κ1) is 14.9. The van der Waals surface area contributed by atoms with Crippen LogP contribution in [0, 0.1) is 0 Å². The van der Waals surface area contributed by atoms with Crippen LogP contribution < -0.4 is 15.2 Å². The van der Waals surface area contributed by atoms with Gasteiger partial charge in [0.05, 0.1) is 25.7 Å². The third-order valence-corrected chi connectivity index (χ3v) is 3.98. The molecule has 0 aliphatic heterocycles. The van der Waals surface area contributed by atoms with Crippen LogP contribution in [0.1, 0.15) is 19.0 Å². The summed E-state index contributed by atoms with van der Waals surface area (Å²) in [5.41, 5.74) is 6.42. The Kier molecular flexibility index (Phi) is 6.07. The van der Waals surface area contributed by atoms with Crippen LogP contribution in [0.25, 0.3) is 0 Å². The fourth-order valence-electron chi connectivity index (χ4n) is 1.52. The number of hydrogen-bond donors (Lipinski definition) is 1. The van der Waals surface area contributed by atoms with E-state index < -0.39 is 10.8 Å². The smallest absolute Gasteiger partial charge is 0.183 e. The average Bonchev–Trinajstić information content (AvgIpc) is 2.37. The summed E-state index contributed by atoms with van der Waals surface area (Å²) in [7, 11) is 2.06. The first-order valence-electron chi connectivity index (χ1n) is 5.78. The van der Waals surface area contributed by atoms with E-state index in [2.05, 4.69) is 4.98 Å². The zero-order valence-corrected chi connectivity index (χ0v) is 11.8. The molecular formula is C12H20N2O3S. The molecule has 2 N–H and O–H groups in total. The number of pyridine rings is 1. The molecule has 1 rings (SSSR count). The summed E-state index contributed by atoms with van der Waals surface area (Å²) in [5.74, 6) is 1.93. The highest BCUT2D eigenvalue weighted by Gasteiger charge is 2.15. The second kappa shape index (κ2) is 7.33. The van der Waals surface area contributed by atoms with Gasteiger partial charge in [-0.2, -0.15) is 0 Å². The maximum Gasteiger partial charge on any atom is 0.183 e. The topological polar surface area (TPSA) is 74.4 Å². The average molecular weight is 272 g/mol. The fourth-order valence-corrected chi connectivity index (χ4v) is 2.86. The molecule has 5 nitrogen and oxygen atoms in total. The summed E-state index contributed by atoms with van der Waals surface area (Å²) in [4.78, 5) is 4.19. The molecule has 0 aromatic carbocycles. The van der Waals surface area contributed by atoms with Crippen LogP contribution in [0.5, 0.6) is 11.5 Å². The van der Waals surface area contributed by atoms with Crippen LogP contribution >= 0.6 is 0 Å². The van der Waals surface area contributed by atoms with Crippen LogP contribution in [0.4, 0.5) is 0 Å². The Hall–Kier alpha value is -1.14. The second-order valence-corrected chi connectivity index (χ2v) is 5.41. The van der Waals surface area contributed by atoms with Crippen molar-refractivity contribution < 1.29 is 13.7 Å². The van der Waals surface area contributed by atoms with Crippen molar-refractivity contribution in [2.24, 2.45) is 5.73 Å². The predicted octanol–water partition coefficient (Wildman–Crippen LogP) is 1.08. The van der Waals surface area contributed by atoms with Gasteiger partial charge in [-0.3, -0.25) is 9.19 Å². The van der Waals surface area contributed by atoms with Crippen LogP contribution in [0.15, 0.2) is 12.3 Å². The number of hydrogen-bond acceptors (Lipinski definition) is 5. The van der Waals surface area contributed by atoms with Crippen molar-refractivity contribution in [3.05, 3.63) is 18.0 Å². The molecule has 0 fully saturated rings. The lowest BCUT2D eigenvalue weighted by Crippen LogP contribution is -2.26. The zero-order valence-electron chi connectivity index (χ0n) is 11.0. The predicted molar refractivity (Wildman–Crippen MR) is 72.3 cm³/mol. The van der Waals surface area contributed by atoms with E-state index in [1.165, 1.54) is 0 Å². The monoisotopic (exact) mass is 272 g/mol. The molecule has 0 amide bonds. The van der Waals surface area contributed by atoms with E-state index in [0.29, 0.717) is 28.7 Å². The Balaban J connectivity index is 2.81. The molecule has 0 aliphatic carbocycles. The van der Waals surface area contributed by atoms with Gasteiger partial charge in [0.25, 0.3) is 0 Å². The van der Waals surface area contributed by atoms with Gasteiger partial charge in [-0.1, -0.05) is 6.92 Å². The Labute approximate surface area is 110 Å². The molecule has 0 spiro atoms. The van der Waals surface area contributed by atoms with E-state index in [-0.39, 0.29) is 6.04 Å². The molecule has 0 aliphatic rings. The van der Waals surface area contributed by atoms with Gasteiger partial charge in [0, 0.05) is 34.9 Å². The lowest BCUT2D eigenvalue weighted by molar-refractivity contribution is 0.350. The van der Waals surface area contributed by atoms with Crippen molar-refractivity contribution in [3.8, 4) is 11.5 Å². The molecule has 6 heteroatoms. The van der Waals surface area contributed by atoms with Gasteiger partial charge in [0.2, 0.25) is 0 Å². The largest absolute Gasteiger partial charge is 0.493 e. The molecular weight excluding hydrogens is 252 g/mol. The molecule has 0 saturated carbocycles. The van der Waals surface area contributed by atoms with Gasteiger partial charge in [0.15, 0.2) is 11.5 Å². The Morgan fingerprint density at radius 2 is 2.17 bits per heavy atom. The van der Waals surface area contributed by atoms with Gasteiger partial charge in [0.1, 0.15) is 0 Å². The molecule has 1 aromatic rings. The summed E-state index contributed by atoms with van der Waals surface area (Å²) in [5, 5.41) is 0. The first-order chi connectivity index (χ1) is 8.62. The van der Waals surface area contributed by atoms with Crippen molar-refractivity contribution in [2.75, 3.05) is 20.0 Å². The summed E-state index contributed by atoms with van der Waals surface area (Å²) in [6, 6.07) is 1.67. The van der Waals surface area contributed by atoms with Crippen LogP contribution in [-0.4, -0.2) is 35.2 Å². The van der Waals surface area contributed by atoms with Gasteiger partial charge in [-0.15, -0.1) is 0 Å². The highest BCUT2D eigenvalue weighted by Crippen LogP contribution is 2.29. The quantitative estimate of drug-likeness (QED) is 0.804. The van der Waals surface area contributed by atoms with E-state index in [1.54, 1.807) is 26.5 Å². The minimum Gasteiger partial charge on any atom is -0.493 e.